The van der Waals surface area contributed by atoms with Gasteiger partial charge in [0.05, 0.1) is 11.3 Å². The average Bonchev–Trinajstić information content (AvgIpc) is 3.00. The predicted octanol–water partition coefficient (Wildman–Crippen LogP) is 4.13. The highest BCUT2D eigenvalue weighted by Gasteiger charge is 2.10. The summed E-state index contributed by atoms with van der Waals surface area (Å²) in [6, 6.07) is 17.9. The Morgan fingerprint density at radius 1 is 1.04 bits per heavy atom. The first-order valence-electron chi connectivity index (χ1n) is 7.13. The number of rotatable bonds is 5. The molecule has 1 heterocycles. The van der Waals surface area contributed by atoms with E-state index in [2.05, 4.69) is 5.16 Å². The van der Waals surface area contributed by atoms with Crippen molar-refractivity contribution < 1.29 is 18.8 Å². The molecule has 0 aliphatic carbocycles. The minimum atomic E-state index is -0.426. The summed E-state index contributed by atoms with van der Waals surface area (Å²) in [5, 5.41) is 3.74. The lowest BCUT2D eigenvalue weighted by Crippen LogP contribution is -2.04. The van der Waals surface area contributed by atoms with Gasteiger partial charge in [-0.2, -0.15) is 0 Å². The van der Waals surface area contributed by atoms with Crippen molar-refractivity contribution in [3.8, 4) is 11.5 Å². The van der Waals surface area contributed by atoms with E-state index >= 15 is 0 Å². The topological polar surface area (TPSA) is 61.6 Å². The lowest BCUT2D eigenvalue weighted by Gasteiger charge is -2.06. The molecule has 0 fully saturated rings. The number of nitrogens with zero attached hydrogens (tertiary/aromatic N) is 1. The first-order valence-corrected chi connectivity index (χ1v) is 7.13. The number of ether oxygens (including phenoxy) is 2. The number of carbonyl (C=O) groups excluding carboxylic acids is 1. The lowest BCUT2D eigenvalue weighted by molar-refractivity contribution is 0.0437. The highest BCUT2D eigenvalue weighted by atomic mass is 16.5. The van der Waals surface area contributed by atoms with E-state index in [0.29, 0.717) is 17.1 Å². The van der Waals surface area contributed by atoms with Crippen LogP contribution in [0, 0.1) is 6.92 Å². The Morgan fingerprint density at radius 2 is 1.74 bits per heavy atom. The monoisotopic (exact) mass is 309 g/mol. The first kappa shape index (κ1) is 14.8. The minimum Gasteiger partial charge on any atom is -0.457 e. The van der Waals surface area contributed by atoms with Crippen LogP contribution in [0.1, 0.15) is 21.8 Å². The predicted molar refractivity (Wildman–Crippen MR) is 83.3 cm³/mol. The summed E-state index contributed by atoms with van der Waals surface area (Å²) in [5.74, 6) is 1.48. The van der Waals surface area contributed by atoms with Crippen LogP contribution in [0.4, 0.5) is 0 Å². The molecular weight excluding hydrogens is 294 g/mol. The SMILES string of the molecule is Cc1cc(COC(=O)c2ccc(Oc3ccccc3)cc2)on1. The van der Waals surface area contributed by atoms with Crippen molar-refractivity contribution in [1.29, 1.82) is 0 Å². The molecule has 5 heteroatoms. The second kappa shape index (κ2) is 6.79. The van der Waals surface area contributed by atoms with Gasteiger partial charge >= 0.3 is 5.97 Å². The van der Waals surface area contributed by atoms with Crippen LogP contribution in [0.15, 0.2) is 65.2 Å². The standard InChI is InChI=1S/C18H15NO4/c1-13-11-17(23-19-13)12-21-18(20)14-7-9-16(10-8-14)22-15-5-3-2-4-6-15/h2-11H,12H2,1H3. The number of esters is 1. The van der Waals surface area contributed by atoms with Crippen LogP contribution in [0.25, 0.3) is 0 Å². The maximum atomic E-state index is 12.0. The van der Waals surface area contributed by atoms with Crippen LogP contribution >= 0.6 is 0 Å². The molecule has 0 amide bonds. The van der Waals surface area contributed by atoms with Crippen molar-refractivity contribution in [3.63, 3.8) is 0 Å². The molecule has 0 saturated heterocycles. The molecule has 116 valence electrons. The molecule has 0 radical (unpaired) electrons. The zero-order valence-electron chi connectivity index (χ0n) is 12.6. The maximum Gasteiger partial charge on any atom is 0.338 e. The van der Waals surface area contributed by atoms with Crippen molar-refractivity contribution in [2.24, 2.45) is 0 Å². The van der Waals surface area contributed by atoms with E-state index in [1.165, 1.54) is 0 Å². The fourth-order valence-electron chi connectivity index (χ4n) is 1.99. The van der Waals surface area contributed by atoms with Crippen molar-refractivity contribution in [2.45, 2.75) is 13.5 Å². The van der Waals surface area contributed by atoms with Gasteiger partial charge in [0.1, 0.15) is 11.5 Å². The highest BCUT2D eigenvalue weighted by Crippen LogP contribution is 2.21. The molecule has 1 aromatic heterocycles. The van der Waals surface area contributed by atoms with Gasteiger partial charge in [-0.25, -0.2) is 4.79 Å². The molecule has 3 aromatic rings. The van der Waals surface area contributed by atoms with Crippen LogP contribution in [0.2, 0.25) is 0 Å². The number of hydrogen-bond acceptors (Lipinski definition) is 5. The molecule has 0 atom stereocenters. The van der Waals surface area contributed by atoms with Crippen LogP contribution in [-0.2, 0) is 11.3 Å². The Kier molecular flexibility index (Phi) is 4.38. The van der Waals surface area contributed by atoms with Crippen molar-refractivity contribution in [2.75, 3.05) is 0 Å². The Hall–Kier alpha value is -3.08. The number of hydrogen-bond donors (Lipinski definition) is 0. The largest absolute Gasteiger partial charge is 0.457 e. The molecule has 0 saturated carbocycles. The van der Waals surface area contributed by atoms with E-state index in [4.69, 9.17) is 14.0 Å². The van der Waals surface area contributed by atoms with Gasteiger partial charge in [-0.3, -0.25) is 0 Å². The smallest absolute Gasteiger partial charge is 0.338 e. The van der Waals surface area contributed by atoms with Gasteiger partial charge in [-0.1, -0.05) is 23.4 Å². The Bertz CT molecular complexity index is 778. The van der Waals surface area contributed by atoms with Gasteiger partial charge in [0.25, 0.3) is 0 Å². The molecule has 23 heavy (non-hydrogen) atoms. The van der Waals surface area contributed by atoms with Gasteiger partial charge in [0.15, 0.2) is 12.4 Å². The lowest BCUT2D eigenvalue weighted by atomic mass is 10.2. The van der Waals surface area contributed by atoms with E-state index in [9.17, 15) is 4.79 Å². The number of carbonyl (C=O) groups is 1. The summed E-state index contributed by atoms with van der Waals surface area (Å²) in [5.41, 5.74) is 1.19. The van der Waals surface area contributed by atoms with Crippen LogP contribution in [-0.4, -0.2) is 11.1 Å². The number of para-hydroxylation sites is 1. The van der Waals surface area contributed by atoms with Crippen LogP contribution < -0.4 is 4.74 Å². The normalized spacial score (nSPS) is 10.3. The number of aryl methyl sites for hydroxylation is 1. The number of aromatic nitrogens is 1. The van der Waals surface area contributed by atoms with Crippen LogP contribution in [0.3, 0.4) is 0 Å². The minimum absolute atomic E-state index is 0.0575. The third-order valence-electron chi connectivity index (χ3n) is 3.09. The van der Waals surface area contributed by atoms with Gasteiger partial charge in [-0.15, -0.1) is 0 Å². The summed E-state index contributed by atoms with van der Waals surface area (Å²) < 4.78 is 15.8. The average molecular weight is 309 g/mol. The highest BCUT2D eigenvalue weighted by molar-refractivity contribution is 5.89. The summed E-state index contributed by atoms with van der Waals surface area (Å²) in [7, 11) is 0. The zero-order chi connectivity index (χ0) is 16.1. The van der Waals surface area contributed by atoms with Crippen molar-refractivity contribution in [3.05, 3.63) is 77.7 Å². The molecule has 0 aliphatic rings. The zero-order valence-corrected chi connectivity index (χ0v) is 12.6. The fraction of sp³-hybridized carbons (Fsp3) is 0.111. The van der Waals surface area contributed by atoms with Crippen LogP contribution in [0.5, 0.6) is 11.5 Å². The molecule has 0 bridgehead atoms. The van der Waals surface area contributed by atoms with Crippen molar-refractivity contribution >= 4 is 5.97 Å². The second-order valence-electron chi connectivity index (χ2n) is 4.95. The summed E-state index contributed by atoms with van der Waals surface area (Å²) in [4.78, 5) is 12.0. The van der Waals surface area contributed by atoms with E-state index in [-0.39, 0.29) is 6.61 Å². The van der Waals surface area contributed by atoms with E-state index in [1.54, 1.807) is 37.3 Å². The van der Waals surface area contributed by atoms with Crippen molar-refractivity contribution in [1.82, 2.24) is 5.16 Å². The molecule has 0 N–H and O–H groups in total. The number of benzene rings is 2. The van der Waals surface area contributed by atoms with Gasteiger partial charge < -0.3 is 14.0 Å². The molecule has 0 spiro atoms. The molecule has 2 aromatic carbocycles. The Balaban J connectivity index is 1.59. The second-order valence-corrected chi connectivity index (χ2v) is 4.95. The third-order valence-corrected chi connectivity index (χ3v) is 3.09. The quantitative estimate of drug-likeness (QED) is 0.663. The first-order chi connectivity index (χ1) is 11.2. The Morgan fingerprint density at radius 3 is 2.39 bits per heavy atom. The molecule has 5 nitrogen and oxygen atoms in total. The molecule has 0 unspecified atom stereocenters. The van der Waals surface area contributed by atoms with E-state index in [1.807, 2.05) is 30.3 Å². The molecule has 0 aliphatic heterocycles. The van der Waals surface area contributed by atoms with Gasteiger partial charge in [-0.05, 0) is 43.3 Å². The summed E-state index contributed by atoms with van der Waals surface area (Å²) in [6.07, 6.45) is 0. The van der Waals surface area contributed by atoms with E-state index in [0.717, 1.165) is 11.4 Å². The molecular formula is C18H15NO4. The third kappa shape index (κ3) is 3.97. The molecule has 3 rings (SSSR count). The summed E-state index contributed by atoms with van der Waals surface area (Å²) in [6.45, 7) is 1.86. The Labute approximate surface area is 133 Å². The fourth-order valence-corrected chi connectivity index (χ4v) is 1.99. The van der Waals surface area contributed by atoms with Gasteiger partial charge in [0.2, 0.25) is 0 Å². The maximum absolute atomic E-state index is 12.0. The van der Waals surface area contributed by atoms with E-state index < -0.39 is 5.97 Å². The summed E-state index contributed by atoms with van der Waals surface area (Å²) >= 11 is 0. The van der Waals surface area contributed by atoms with Gasteiger partial charge in [0, 0.05) is 6.07 Å².